The summed E-state index contributed by atoms with van der Waals surface area (Å²) in [6, 6.07) is 0. The Bertz CT molecular complexity index is 304. The third-order valence-electron chi connectivity index (χ3n) is 2.48. The first-order chi connectivity index (χ1) is 7.85. The quantitative estimate of drug-likeness (QED) is 0.615. The Morgan fingerprint density at radius 2 is 2.18 bits per heavy atom. The molecule has 1 unspecified atom stereocenters. The summed E-state index contributed by atoms with van der Waals surface area (Å²) < 4.78 is 5.67. The molecule has 0 bridgehead atoms. The van der Waals surface area contributed by atoms with Gasteiger partial charge in [-0.15, -0.1) is 0 Å². The van der Waals surface area contributed by atoms with Gasteiger partial charge >= 0.3 is 11.8 Å². The zero-order valence-corrected chi connectivity index (χ0v) is 10.7. The maximum Gasteiger partial charge on any atom is 0.312 e. The second-order valence-electron chi connectivity index (χ2n) is 4.92. The van der Waals surface area contributed by atoms with Crippen LogP contribution in [0.1, 0.15) is 20.8 Å². The van der Waals surface area contributed by atoms with Crippen LogP contribution in [0, 0.1) is 0 Å². The fraction of sp³-hybridized carbons (Fsp3) is 0.818. The van der Waals surface area contributed by atoms with E-state index in [4.69, 9.17) is 10.5 Å². The van der Waals surface area contributed by atoms with Crippen LogP contribution in [-0.4, -0.2) is 54.6 Å². The largest absolute Gasteiger partial charge is 0.369 e. The number of amides is 2. The number of carbonyl (C=O) groups is 2. The summed E-state index contributed by atoms with van der Waals surface area (Å²) >= 11 is 0. The van der Waals surface area contributed by atoms with Crippen molar-refractivity contribution >= 4 is 11.8 Å². The molecular weight excluding hydrogens is 222 g/mol. The van der Waals surface area contributed by atoms with Gasteiger partial charge in [0.1, 0.15) is 0 Å². The lowest BCUT2D eigenvalue weighted by atomic mass is 10.1. The Morgan fingerprint density at radius 3 is 2.71 bits per heavy atom. The summed E-state index contributed by atoms with van der Waals surface area (Å²) in [5, 5.41) is 2.48. The molecule has 0 aliphatic carbocycles. The molecule has 0 spiro atoms. The number of rotatable bonds is 2. The van der Waals surface area contributed by atoms with Gasteiger partial charge in [-0.05, 0) is 20.8 Å². The molecule has 1 atom stereocenters. The van der Waals surface area contributed by atoms with E-state index in [-0.39, 0.29) is 6.10 Å². The van der Waals surface area contributed by atoms with Crippen molar-refractivity contribution in [2.45, 2.75) is 32.5 Å². The molecule has 1 fully saturated rings. The molecule has 0 aromatic heterocycles. The van der Waals surface area contributed by atoms with Crippen molar-refractivity contribution in [2.24, 2.45) is 5.73 Å². The maximum atomic E-state index is 11.9. The molecule has 0 aromatic carbocycles. The molecule has 6 nitrogen and oxygen atoms in total. The van der Waals surface area contributed by atoms with E-state index in [1.807, 2.05) is 20.8 Å². The molecule has 6 heteroatoms. The van der Waals surface area contributed by atoms with E-state index in [1.165, 1.54) is 4.90 Å². The zero-order valence-electron chi connectivity index (χ0n) is 10.7. The first-order valence-corrected chi connectivity index (χ1v) is 5.81. The number of nitrogens with two attached hydrogens (primary N) is 1. The highest BCUT2D eigenvalue weighted by atomic mass is 16.5. The van der Waals surface area contributed by atoms with Crippen molar-refractivity contribution in [3.8, 4) is 0 Å². The predicted molar refractivity (Wildman–Crippen MR) is 63.3 cm³/mol. The molecule has 1 heterocycles. The fourth-order valence-electron chi connectivity index (χ4n) is 2.01. The van der Waals surface area contributed by atoms with Crippen LogP contribution >= 0.6 is 0 Å². The van der Waals surface area contributed by atoms with Crippen LogP contribution in [-0.2, 0) is 14.3 Å². The zero-order chi connectivity index (χ0) is 13.1. The number of nitrogens with one attached hydrogen (secondary N) is 1. The van der Waals surface area contributed by atoms with Gasteiger partial charge < -0.3 is 20.7 Å². The van der Waals surface area contributed by atoms with Crippen molar-refractivity contribution in [1.82, 2.24) is 10.2 Å². The number of ether oxygens (including phenoxy) is 1. The number of morpholine rings is 1. The van der Waals surface area contributed by atoms with Crippen molar-refractivity contribution in [1.29, 1.82) is 0 Å². The SMILES string of the molecule is CC1CN(C(=O)C(=O)NCCN)CC(C)(C)O1. The van der Waals surface area contributed by atoms with Gasteiger partial charge in [0, 0.05) is 26.2 Å². The Kier molecular flexibility index (Phi) is 4.47. The van der Waals surface area contributed by atoms with E-state index in [9.17, 15) is 9.59 Å². The summed E-state index contributed by atoms with van der Waals surface area (Å²) in [5.41, 5.74) is 4.85. The Morgan fingerprint density at radius 1 is 1.53 bits per heavy atom. The van der Waals surface area contributed by atoms with E-state index >= 15 is 0 Å². The van der Waals surface area contributed by atoms with Gasteiger partial charge in [-0.3, -0.25) is 9.59 Å². The van der Waals surface area contributed by atoms with E-state index in [2.05, 4.69) is 5.32 Å². The highest BCUT2D eigenvalue weighted by Gasteiger charge is 2.35. The predicted octanol–water partition coefficient (Wildman–Crippen LogP) is -0.913. The lowest BCUT2D eigenvalue weighted by Gasteiger charge is -2.41. The van der Waals surface area contributed by atoms with Gasteiger partial charge in [0.25, 0.3) is 0 Å². The molecule has 0 radical (unpaired) electrons. The topological polar surface area (TPSA) is 84.7 Å². The van der Waals surface area contributed by atoms with E-state index in [1.54, 1.807) is 0 Å². The van der Waals surface area contributed by atoms with Crippen molar-refractivity contribution in [3.63, 3.8) is 0 Å². The normalized spacial score (nSPS) is 23.3. The average molecular weight is 243 g/mol. The van der Waals surface area contributed by atoms with Crippen molar-refractivity contribution in [2.75, 3.05) is 26.2 Å². The number of nitrogens with zero attached hydrogens (tertiary/aromatic N) is 1. The third kappa shape index (κ3) is 3.98. The highest BCUT2D eigenvalue weighted by Crippen LogP contribution is 2.20. The Balaban J connectivity index is 2.59. The molecule has 98 valence electrons. The number of hydrogen-bond donors (Lipinski definition) is 2. The molecule has 1 aliphatic heterocycles. The van der Waals surface area contributed by atoms with E-state index in [0.29, 0.717) is 26.2 Å². The summed E-state index contributed by atoms with van der Waals surface area (Å²) in [6.45, 7) is 7.20. The Labute approximate surface area is 101 Å². The van der Waals surface area contributed by atoms with Gasteiger partial charge in [-0.25, -0.2) is 0 Å². The molecule has 1 rings (SSSR count). The average Bonchev–Trinajstić information content (AvgIpc) is 2.21. The highest BCUT2D eigenvalue weighted by molar-refractivity contribution is 6.35. The number of carbonyl (C=O) groups excluding carboxylic acids is 2. The summed E-state index contributed by atoms with van der Waals surface area (Å²) in [4.78, 5) is 24.9. The second-order valence-corrected chi connectivity index (χ2v) is 4.92. The van der Waals surface area contributed by atoms with Gasteiger partial charge in [-0.2, -0.15) is 0 Å². The minimum atomic E-state index is -0.597. The minimum absolute atomic E-state index is 0.0648. The number of hydrogen-bond acceptors (Lipinski definition) is 4. The maximum absolute atomic E-state index is 11.9. The van der Waals surface area contributed by atoms with Gasteiger partial charge in [0.05, 0.1) is 11.7 Å². The summed E-state index contributed by atoms with van der Waals surface area (Å²) in [5.74, 6) is -1.11. The van der Waals surface area contributed by atoms with Crippen LogP contribution in [0.4, 0.5) is 0 Å². The van der Waals surface area contributed by atoms with Crippen LogP contribution in [0.5, 0.6) is 0 Å². The van der Waals surface area contributed by atoms with E-state index in [0.717, 1.165) is 0 Å². The minimum Gasteiger partial charge on any atom is -0.369 e. The summed E-state index contributed by atoms with van der Waals surface area (Å²) in [6.07, 6.45) is -0.0648. The van der Waals surface area contributed by atoms with Gasteiger partial charge in [-0.1, -0.05) is 0 Å². The van der Waals surface area contributed by atoms with Crippen LogP contribution < -0.4 is 11.1 Å². The molecule has 0 saturated carbocycles. The molecule has 1 saturated heterocycles. The fourth-order valence-corrected chi connectivity index (χ4v) is 2.01. The van der Waals surface area contributed by atoms with E-state index < -0.39 is 17.4 Å². The lowest BCUT2D eigenvalue weighted by molar-refractivity contribution is -0.163. The molecule has 2 amide bonds. The molecule has 17 heavy (non-hydrogen) atoms. The first-order valence-electron chi connectivity index (χ1n) is 5.81. The summed E-state index contributed by atoms with van der Waals surface area (Å²) in [7, 11) is 0. The molecule has 0 aromatic rings. The van der Waals surface area contributed by atoms with Crippen molar-refractivity contribution in [3.05, 3.63) is 0 Å². The Hall–Kier alpha value is -1.14. The van der Waals surface area contributed by atoms with Crippen LogP contribution in [0.2, 0.25) is 0 Å². The van der Waals surface area contributed by atoms with Crippen LogP contribution in [0.15, 0.2) is 0 Å². The lowest BCUT2D eigenvalue weighted by Crippen LogP contribution is -2.56. The van der Waals surface area contributed by atoms with Crippen molar-refractivity contribution < 1.29 is 14.3 Å². The molecular formula is C11H21N3O3. The standard InChI is InChI=1S/C11H21N3O3/c1-8-6-14(7-11(2,3)17-8)10(16)9(15)13-5-4-12/h8H,4-7,12H2,1-3H3,(H,13,15). The third-order valence-corrected chi connectivity index (χ3v) is 2.48. The second kappa shape index (κ2) is 5.46. The molecule has 1 aliphatic rings. The first kappa shape index (κ1) is 13.9. The van der Waals surface area contributed by atoms with Crippen LogP contribution in [0.3, 0.4) is 0 Å². The molecule has 3 N–H and O–H groups in total. The smallest absolute Gasteiger partial charge is 0.312 e. The van der Waals surface area contributed by atoms with Gasteiger partial charge in [0.2, 0.25) is 0 Å². The van der Waals surface area contributed by atoms with Crippen LogP contribution in [0.25, 0.3) is 0 Å². The monoisotopic (exact) mass is 243 g/mol. The van der Waals surface area contributed by atoms with Gasteiger partial charge in [0.15, 0.2) is 0 Å².